The van der Waals surface area contributed by atoms with Crippen LogP contribution in [0.1, 0.15) is 35.4 Å². The molecule has 106 valence electrons. The number of aromatic amines is 1. The van der Waals surface area contributed by atoms with Crippen molar-refractivity contribution in [3.63, 3.8) is 0 Å². The van der Waals surface area contributed by atoms with Crippen molar-refractivity contribution in [2.24, 2.45) is 0 Å². The summed E-state index contributed by atoms with van der Waals surface area (Å²) in [7, 11) is 0. The van der Waals surface area contributed by atoms with Crippen LogP contribution in [-0.2, 0) is 6.54 Å². The van der Waals surface area contributed by atoms with E-state index in [2.05, 4.69) is 33.5 Å². The monoisotopic (exact) mass is 272 g/mol. The topological polar surface area (TPSA) is 62.8 Å². The predicted molar refractivity (Wildman–Crippen MR) is 77.0 cm³/mol. The molecule has 1 aliphatic carbocycles. The van der Waals surface area contributed by atoms with E-state index >= 15 is 0 Å². The lowest BCUT2D eigenvalue weighted by atomic mass is 10.1. The lowest BCUT2D eigenvalue weighted by Gasteiger charge is -2.13. The second kappa shape index (κ2) is 5.25. The number of aromatic nitrogens is 3. The molecule has 20 heavy (non-hydrogen) atoms. The molecular formula is C15H20N4O. The second-order valence-electron chi connectivity index (χ2n) is 5.51. The molecular weight excluding hydrogens is 252 g/mol. The highest BCUT2D eigenvalue weighted by Gasteiger charge is 2.22. The zero-order chi connectivity index (χ0) is 14.1. The summed E-state index contributed by atoms with van der Waals surface area (Å²) in [5, 5.41) is 10.5. The van der Waals surface area contributed by atoms with Crippen LogP contribution in [0.3, 0.4) is 0 Å². The maximum Gasteiger partial charge on any atom is 0.240 e. The third kappa shape index (κ3) is 2.99. The van der Waals surface area contributed by atoms with Gasteiger partial charge in [0.15, 0.2) is 0 Å². The van der Waals surface area contributed by atoms with Crippen LogP contribution < -0.4 is 10.1 Å². The van der Waals surface area contributed by atoms with E-state index in [-0.39, 0.29) is 0 Å². The van der Waals surface area contributed by atoms with E-state index in [1.165, 1.54) is 18.4 Å². The number of aryl methyl sites for hydroxylation is 3. The van der Waals surface area contributed by atoms with Crippen molar-refractivity contribution in [3.05, 3.63) is 34.6 Å². The summed E-state index contributed by atoms with van der Waals surface area (Å²) in [6, 6.07) is 4.63. The van der Waals surface area contributed by atoms with Crippen LogP contribution in [0.5, 0.6) is 11.8 Å². The van der Waals surface area contributed by atoms with Crippen molar-refractivity contribution < 1.29 is 4.74 Å². The van der Waals surface area contributed by atoms with Crippen molar-refractivity contribution >= 4 is 0 Å². The number of nitrogens with zero attached hydrogens (tertiary/aromatic N) is 2. The van der Waals surface area contributed by atoms with E-state index in [1.807, 2.05) is 19.9 Å². The van der Waals surface area contributed by atoms with Gasteiger partial charge in [0.2, 0.25) is 11.8 Å². The van der Waals surface area contributed by atoms with Crippen molar-refractivity contribution in [2.45, 2.75) is 46.2 Å². The fourth-order valence-corrected chi connectivity index (χ4v) is 2.21. The number of rotatable bonds is 5. The van der Waals surface area contributed by atoms with Gasteiger partial charge in [-0.15, -0.1) is 5.10 Å². The largest absolute Gasteiger partial charge is 0.419 e. The van der Waals surface area contributed by atoms with Crippen LogP contribution in [0.25, 0.3) is 0 Å². The Morgan fingerprint density at radius 1 is 1.30 bits per heavy atom. The zero-order valence-electron chi connectivity index (χ0n) is 12.2. The average molecular weight is 272 g/mol. The highest BCUT2D eigenvalue weighted by atomic mass is 16.5. The lowest BCUT2D eigenvalue weighted by Crippen LogP contribution is -2.17. The van der Waals surface area contributed by atoms with Gasteiger partial charge in [0.25, 0.3) is 0 Å². The standard InChI is InChI=1S/C15H20N4O/c1-9-6-10(2)17-15(13(9)8-16-12-4-5-12)20-14-7-11(3)18-19-14/h6-7,12,16H,4-5,8H2,1-3H3,(H,18,19). The van der Waals surface area contributed by atoms with Gasteiger partial charge in [0.1, 0.15) is 0 Å². The molecule has 0 spiro atoms. The summed E-state index contributed by atoms with van der Waals surface area (Å²) in [5.41, 5.74) is 4.25. The first-order chi connectivity index (χ1) is 9.61. The SMILES string of the molecule is Cc1cc(C)c(CNC2CC2)c(Oc2cc(C)[nH]n2)n1. The Morgan fingerprint density at radius 3 is 2.75 bits per heavy atom. The van der Waals surface area contributed by atoms with Gasteiger partial charge in [-0.3, -0.25) is 5.10 Å². The Kier molecular flexibility index (Phi) is 3.44. The highest BCUT2D eigenvalue weighted by molar-refractivity contribution is 5.38. The van der Waals surface area contributed by atoms with E-state index in [1.54, 1.807) is 0 Å². The normalized spacial score (nSPS) is 14.6. The second-order valence-corrected chi connectivity index (χ2v) is 5.51. The van der Waals surface area contributed by atoms with Crippen molar-refractivity contribution in [1.82, 2.24) is 20.5 Å². The zero-order valence-corrected chi connectivity index (χ0v) is 12.2. The molecule has 0 unspecified atom stereocenters. The van der Waals surface area contributed by atoms with Gasteiger partial charge in [0, 0.05) is 35.6 Å². The molecule has 2 N–H and O–H groups in total. The molecule has 1 saturated carbocycles. The van der Waals surface area contributed by atoms with Crippen molar-refractivity contribution in [1.29, 1.82) is 0 Å². The molecule has 1 fully saturated rings. The van der Waals surface area contributed by atoms with Gasteiger partial charge in [-0.2, -0.15) is 0 Å². The molecule has 2 heterocycles. The molecule has 0 radical (unpaired) electrons. The quantitative estimate of drug-likeness (QED) is 0.878. The molecule has 5 nitrogen and oxygen atoms in total. The Balaban J connectivity index is 1.85. The van der Waals surface area contributed by atoms with Gasteiger partial charge in [-0.1, -0.05) is 0 Å². The number of hydrogen-bond acceptors (Lipinski definition) is 4. The Bertz CT molecular complexity index is 616. The van der Waals surface area contributed by atoms with E-state index < -0.39 is 0 Å². The van der Waals surface area contributed by atoms with E-state index in [9.17, 15) is 0 Å². The Labute approximate surface area is 118 Å². The van der Waals surface area contributed by atoms with Gasteiger partial charge < -0.3 is 10.1 Å². The summed E-state index contributed by atoms with van der Waals surface area (Å²) in [6.07, 6.45) is 2.54. The third-order valence-electron chi connectivity index (χ3n) is 3.47. The third-order valence-corrected chi connectivity index (χ3v) is 3.47. The Hall–Kier alpha value is -1.88. The molecule has 3 rings (SSSR count). The van der Waals surface area contributed by atoms with Crippen LogP contribution in [0.4, 0.5) is 0 Å². The summed E-state index contributed by atoms with van der Waals surface area (Å²) in [4.78, 5) is 4.52. The Morgan fingerprint density at radius 2 is 2.10 bits per heavy atom. The summed E-state index contributed by atoms with van der Waals surface area (Å²) >= 11 is 0. The minimum absolute atomic E-state index is 0.563. The molecule has 0 aliphatic heterocycles. The fraction of sp³-hybridized carbons (Fsp3) is 0.467. The fourth-order valence-electron chi connectivity index (χ4n) is 2.21. The minimum atomic E-state index is 0.563. The van der Waals surface area contributed by atoms with Crippen LogP contribution in [0, 0.1) is 20.8 Å². The minimum Gasteiger partial charge on any atom is -0.419 e. The molecule has 1 aliphatic rings. The van der Waals surface area contributed by atoms with Crippen molar-refractivity contribution in [2.75, 3.05) is 0 Å². The maximum atomic E-state index is 5.85. The maximum absolute atomic E-state index is 5.85. The number of nitrogens with one attached hydrogen (secondary N) is 2. The molecule has 0 bridgehead atoms. The van der Waals surface area contributed by atoms with E-state index in [0.29, 0.717) is 17.8 Å². The first-order valence-electron chi connectivity index (χ1n) is 7.02. The van der Waals surface area contributed by atoms with Gasteiger partial charge >= 0.3 is 0 Å². The molecule has 0 amide bonds. The molecule has 0 aromatic carbocycles. The number of hydrogen-bond donors (Lipinski definition) is 2. The molecule has 0 saturated heterocycles. The summed E-state index contributed by atoms with van der Waals surface area (Å²) in [6.45, 7) is 6.82. The summed E-state index contributed by atoms with van der Waals surface area (Å²) < 4.78 is 5.85. The lowest BCUT2D eigenvalue weighted by molar-refractivity contribution is 0.432. The van der Waals surface area contributed by atoms with Crippen molar-refractivity contribution in [3.8, 4) is 11.8 Å². The average Bonchev–Trinajstić information content (AvgIpc) is 3.11. The first-order valence-corrected chi connectivity index (χ1v) is 7.02. The number of pyridine rings is 1. The molecule has 0 atom stereocenters. The van der Waals surface area contributed by atoms with Gasteiger partial charge in [-0.05, 0) is 45.2 Å². The summed E-state index contributed by atoms with van der Waals surface area (Å²) in [5.74, 6) is 1.22. The first kappa shape index (κ1) is 13.1. The van der Waals surface area contributed by atoms with Crippen LogP contribution in [0.15, 0.2) is 12.1 Å². The molecule has 5 heteroatoms. The van der Waals surface area contributed by atoms with Gasteiger partial charge in [0.05, 0.1) is 0 Å². The molecule has 2 aromatic rings. The smallest absolute Gasteiger partial charge is 0.240 e. The number of H-pyrrole nitrogens is 1. The van der Waals surface area contributed by atoms with Crippen LogP contribution in [-0.4, -0.2) is 21.2 Å². The highest BCUT2D eigenvalue weighted by Crippen LogP contribution is 2.27. The number of ether oxygens (including phenoxy) is 1. The molecule has 2 aromatic heterocycles. The van der Waals surface area contributed by atoms with E-state index in [0.717, 1.165) is 23.5 Å². The van der Waals surface area contributed by atoms with Crippen LogP contribution >= 0.6 is 0 Å². The predicted octanol–water partition coefficient (Wildman–Crippen LogP) is 2.77. The van der Waals surface area contributed by atoms with Gasteiger partial charge in [-0.25, -0.2) is 4.98 Å². The van der Waals surface area contributed by atoms with Crippen LogP contribution in [0.2, 0.25) is 0 Å². The van der Waals surface area contributed by atoms with E-state index in [4.69, 9.17) is 4.74 Å².